The Hall–Kier alpha value is 0.250. The molecule has 0 aliphatic carbocycles. The molecule has 72 valence electrons. The fourth-order valence-electron chi connectivity index (χ4n) is 1.74. The molecule has 1 nitrogen and oxygen atoms in total. The van der Waals surface area contributed by atoms with Crippen LogP contribution in [0.2, 0.25) is 0 Å². The Labute approximate surface area is 80.4 Å². The van der Waals surface area contributed by atoms with Gasteiger partial charge in [-0.15, -0.1) is 11.6 Å². The van der Waals surface area contributed by atoms with Crippen LogP contribution in [0, 0.1) is 11.8 Å². The lowest BCUT2D eigenvalue weighted by atomic mass is 9.88. The number of alkyl halides is 1. The summed E-state index contributed by atoms with van der Waals surface area (Å²) in [5.74, 6) is 1.29. The highest BCUT2D eigenvalue weighted by atomic mass is 35.5. The third kappa shape index (κ3) is 2.63. The zero-order valence-electron chi connectivity index (χ0n) is 8.22. The molecule has 2 heteroatoms. The van der Waals surface area contributed by atoms with Crippen molar-refractivity contribution in [1.29, 1.82) is 0 Å². The summed E-state index contributed by atoms with van der Waals surface area (Å²) < 4.78 is 5.66. The molecule has 0 saturated carbocycles. The molecule has 0 N–H and O–H groups in total. The Morgan fingerprint density at radius 1 is 1.33 bits per heavy atom. The first-order valence-electron chi connectivity index (χ1n) is 4.87. The molecule has 0 aromatic carbocycles. The van der Waals surface area contributed by atoms with E-state index in [9.17, 15) is 0 Å². The summed E-state index contributed by atoms with van der Waals surface area (Å²) in [6, 6.07) is 0. The van der Waals surface area contributed by atoms with Crippen molar-refractivity contribution in [3.05, 3.63) is 0 Å². The van der Waals surface area contributed by atoms with Crippen LogP contribution in [-0.2, 0) is 4.74 Å². The van der Waals surface area contributed by atoms with Crippen molar-refractivity contribution in [2.45, 2.75) is 45.1 Å². The average molecular weight is 191 g/mol. The Morgan fingerprint density at radius 2 is 2.00 bits per heavy atom. The molecule has 1 aliphatic heterocycles. The maximum Gasteiger partial charge on any atom is 0.0601 e. The summed E-state index contributed by atoms with van der Waals surface area (Å²) in [4.78, 5) is 0. The minimum absolute atomic E-state index is 0.301. The molecule has 1 rings (SSSR count). The SMILES string of the molecule is CC(C)C1CC(C(C)Cl)CCO1. The second-order valence-corrected chi connectivity index (χ2v) is 4.80. The van der Waals surface area contributed by atoms with E-state index in [1.54, 1.807) is 0 Å². The minimum Gasteiger partial charge on any atom is -0.378 e. The van der Waals surface area contributed by atoms with Gasteiger partial charge < -0.3 is 4.74 Å². The molecule has 0 spiro atoms. The number of halogens is 1. The van der Waals surface area contributed by atoms with Crippen molar-refractivity contribution < 1.29 is 4.74 Å². The summed E-state index contributed by atoms with van der Waals surface area (Å²) in [6.45, 7) is 7.41. The van der Waals surface area contributed by atoms with E-state index in [4.69, 9.17) is 16.3 Å². The van der Waals surface area contributed by atoms with Gasteiger partial charge in [0.1, 0.15) is 0 Å². The van der Waals surface area contributed by atoms with E-state index < -0.39 is 0 Å². The Balaban J connectivity index is 2.40. The first kappa shape index (κ1) is 10.3. The fourth-order valence-corrected chi connectivity index (χ4v) is 1.97. The highest BCUT2D eigenvalue weighted by Crippen LogP contribution is 2.29. The normalized spacial score (nSPS) is 33.8. The van der Waals surface area contributed by atoms with Gasteiger partial charge in [0.25, 0.3) is 0 Å². The maximum atomic E-state index is 6.07. The van der Waals surface area contributed by atoms with Crippen LogP contribution in [0.1, 0.15) is 33.6 Å². The predicted molar refractivity (Wildman–Crippen MR) is 52.6 cm³/mol. The largest absolute Gasteiger partial charge is 0.378 e. The molecule has 0 radical (unpaired) electrons. The predicted octanol–water partition coefficient (Wildman–Crippen LogP) is 3.06. The molecule has 1 aliphatic rings. The van der Waals surface area contributed by atoms with Crippen LogP contribution >= 0.6 is 11.6 Å². The monoisotopic (exact) mass is 190 g/mol. The van der Waals surface area contributed by atoms with Gasteiger partial charge in [0.05, 0.1) is 6.10 Å². The first-order valence-corrected chi connectivity index (χ1v) is 5.30. The number of ether oxygens (including phenoxy) is 1. The first-order chi connectivity index (χ1) is 5.61. The summed E-state index contributed by atoms with van der Waals surface area (Å²) in [6.07, 6.45) is 2.71. The molecular formula is C10H19ClO. The molecule has 0 amide bonds. The van der Waals surface area contributed by atoms with Gasteiger partial charge in [-0.25, -0.2) is 0 Å². The Kier molecular flexibility index (Phi) is 3.85. The fraction of sp³-hybridized carbons (Fsp3) is 1.00. The lowest BCUT2D eigenvalue weighted by Crippen LogP contribution is -2.32. The number of rotatable bonds is 2. The maximum absolute atomic E-state index is 6.07. The average Bonchev–Trinajstić information content (AvgIpc) is 2.04. The van der Waals surface area contributed by atoms with Crippen LogP contribution in [0.5, 0.6) is 0 Å². The molecule has 1 fully saturated rings. The second-order valence-electron chi connectivity index (χ2n) is 4.12. The van der Waals surface area contributed by atoms with Crippen LogP contribution in [-0.4, -0.2) is 18.1 Å². The molecular weight excluding hydrogens is 172 g/mol. The molecule has 3 unspecified atom stereocenters. The van der Waals surface area contributed by atoms with Gasteiger partial charge in [0, 0.05) is 12.0 Å². The van der Waals surface area contributed by atoms with Crippen molar-refractivity contribution in [1.82, 2.24) is 0 Å². The third-order valence-corrected chi connectivity index (χ3v) is 3.11. The second kappa shape index (κ2) is 4.48. The van der Waals surface area contributed by atoms with Crippen LogP contribution in [0.3, 0.4) is 0 Å². The Bertz CT molecular complexity index is 120. The van der Waals surface area contributed by atoms with Gasteiger partial charge in [-0.3, -0.25) is 0 Å². The summed E-state index contributed by atoms with van der Waals surface area (Å²) in [5.41, 5.74) is 0. The van der Waals surface area contributed by atoms with Crippen LogP contribution in [0.15, 0.2) is 0 Å². The van der Waals surface area contributed by atoms with Gasteiger partial charge in [-0.05, 0) is 31.6 Å². The van der Waals surface area contributed by atoms with Crippen LogP contribution in [0.25, 0.3) is 0 Å². The van der Waals surface area contributed by atoms with Crippen LogP contribution in [0.4, 0.5) is 0 Å². The summed E-state index contributed by atoms with van der Waals surface area (Å²) >= 11 is 6.07. The van der Waals surface area contributed by atoms with Gasteiger partial charge in [-0.1, -0.05) is 13.8 Å². The van der Waals surface area contributed by atoms with Crippen molar-refractivity contribution in [3.63, 3.8) is 0 Å². The van der Waals surface area contributed by atoms with Gasteiger partial charge in [0.2, 0.25) is 0 Å². The molecule has 12 heavy (non-hydrogen) atoms. The van der Waals surface area contributed by atoms with Gasteiger partial charge >= 0.3 is 0 Å². The lowest BCUT2D eigenvalue weighted by molar-refractivity contribution is -0.0338. The zero-order valence-corrected chi connectivity index (χ0v) is 8.97. The number of hydrogen-bond acceptors (Lipinski definition) is 1. The molecule has 1 heterocycles. The van der Waals surface area contributed by atoms with E-state index in [0.717, 1.165) is 19.4 Å². The van der Waals surface area contributed by atoms with Crippen molar-refractivity contribution in [3.8, 4) is 0 Å². The van der Waals surface area contributed by atoms with Crippen molar-refractivity contribution in [2.75, 3.05) is 6.61 Å². The molecule has 1 saturated heterocycles. The van der Waals surface area contributed by atoms with Crippen molar-refractivity contribution in [2.24, 2.45) is 11.8 Å². The van der Waals surface area contributed by atoms with E-state index in [2.05, 4.69) is 20.8 Å². The zero-order chi connectivity index (χ0) is 9.14. The van der Waals surface area contributed by atoms with Gasteiger partial charge in [-0.2, -0.15) is 0 Å². The van der Waals surface area contributed by atoms with E-state index in [1.807, 2.05) is 0 Å². The molecule has 0 aromatic rings. The van der Waals surface area contributed by atoms with Crippen LogP contribution < -0.4 is 0 Å². The van der Waals surface area contributed by atoms with Gasteiger partial charge in [0.15, 0.2) is 0 Å². The smallest absolute Gasteiger partial charge is 0.0601 e. The quantitative estimate of drug-likeness (QED) is 0.609. The van der Waals surface area contributed by atoms with E-state index in [1.165, 1.54) is 0 Å². The van der Waals surface area contributed by atoms with E-state index in [0.29, 0.717) is 23.3 Å². The topological polar surface area (TPSA) is 9.23 Å². The summed E-state index contributed by atoms with van der Waals surface area (Å²) in [7, 11) is 0. The highest BCUT2D eigenvalue weighted by Gasteiger charge is 2.27. The van der Waals surface area contributed by atoms with Crippen molar-refractivity contribution >= 4 is 11.6 Å². The highest BCUT2D eigenvalue weighted by molar-refractivity contribution is 6.20. The lowest BCUT2D eigenvalue weighted by Gasteiger charge is -2.33. The van der Waals surface area contributed by atoms with E-state index in [-0.39, 0.29) is 0 Å². The summed E-state index contributed by atoms with van der Waals surface area (Å²) in [5, 5.41) is 0.301. The molecule has 3 atom stereocenters. The molecule has 0 bridgehead atoms. The number of hydrogen-bond donors (Lipinski definition) is 0. The Morgan fingerprint density at radius 3 is 2.50 bits per heavy atom. The minimum atomic E-state index is 0.301. The molecule has 0 aromatic heterocycles. The van der Waals surface area contributed by atoms with E-state index >= 15 is 0 Å². The standard InChI is InChI=1S/C10H19ClO/c1-7(2)10-6-9(8(3)11)4-5-12-10/h7-10H,4-6H2,1-3H3. The third-order valence-electron chi connectivity index (χ3n) is 2.75.